The van der Waals surface area contributed by atoms with Crippen molar-refractivity contribution in [3.8, 4) is 5.75 Å². The summed E-state index contributed by atoms with van der Waals surface area (Å²) in [7, 11) is 5.43. The number of nitrogens with one attached hydrogen (secondary N) is 1. The number of ether oxygens (including phenoxy) is 4. The van der Waals surface area contributed by atoms with Gasteiger partial charge in [0, 0.05) is 51.6 Å². The summed E-state index contributed by atoms with van der Waals surface area (Å²) in [5.74, 6) is -4.43. The molecule has 0 bridgehead atoms. The number of rotatable bonds is 14. The van der Waals surface area contributed by atoms with Gasteiger partial charge in [0.2, 0.25) is 11.5 Å². The van der Waals surface area contributed by atoms with E-state index in [-0.39, 0.29) is 17.3 Å². The van der Waals surface area contributed by atoms with Crippen molar-refractivity contribution >= 4 is 41.0 Å². The second-order valence-electron chi connectivity index (χ2n) is 10.5. The van der Waals surface area contributed by atoms with Gasteiger partial charge in [0.25, 0.3) is 0 Å². The van der Waals surface area contributed by atoms with Gasteiger partial charge in [-0.3, -0.25) is 9.59 Å². The molecule has 0 saturated heterocycles. The molecule has 3 aromatic rings. The Balaban J connectivity index is 0.000000431. The van der Waals surface area contributed by atoms with E-state index in [1.165, 1.54) is 49.2 Å². The summed E-state index contributed by atoms with van der Waals surface area (Å²) in [5.41, 5.74) is 6.58. The number of nitrogen functional groups attached to an aromatic ring is 1. The number of hydrogen-bond donors (Lipinski definition) is 5. The topological polar surface area (TPSA) is 221 Å². The van der Waals surface area contributed by atoms with Gasteiger partial charge in [-0.25, -0.2) is 14.4 Å². The molecule has 0 fully saturated rings. The van der Waals surface area contributed by atoms with Gasteiger partial charge in [-0.15, -0.1) is 0 Å². The van der Waals surface area contributed by atoms with Crippen LogP contribution in [0.25, 0.3) is 0 Å². The standard InChI is InChI=1S/C19H21NO5.C12H15NO4.C4H8O3/c1-12(21)17(13-8-10-14(20)11-9-13)19(25-3,18(22)23)15-6-4-5-7-16(15)24-2;1-8(14)13-10-5-3-9(4-6-10)7-11(17-2)12(15)16;1-3(7-2)4(5)6/h4-11,17H,20H2,1-3H3,(H,22,23);3-6,11H,7H2,1-2H3,(H,13,14)(H,15,16);3H,1-2H3,(H,5,6)/t17?,19-;11-;/m11./s1. The van der Waals surface area contributed by atoms with Crippen molar-refractivity contribution in [1.29, 1.82) is 0 Å². The maximum absolute atomic E-state index is 12.5. The molecule has 49 heavy (non-hydrogen) atoms. The summed E-state index contributed by atoms with van der Waals surface area (Å²) in [6, 6.07) is 20.1. The molecule has 0 heterocycles. The zero-order chi connectivity index (χ0) is 37.3. The number of anilines is 2. The number of carboxylic acid groups (broad SMARTS) is 3. The number of methoxy groups -OCH3 is 4. The summed E-state index contributed by atoms with van der Waals surface area (Å²) >= 11 is 0. The molecule has 14 heteroatoms. The quantitative estimate of drug-likeness (QED) is 0.152. The lowest BCUT2D eigenvalue weighted by Gasteiger charge is -2.36. The highest BCUT2D eigenvalue weighted by Gasteiger charge is 2.52. The van der Waals surface area contributed by atoms with Gasteiger partial charge >= 0.3 is 17.9 Å². The van der Waals surface area contributed by atoms with Crippen LogP contribution in [0.2, 0.25) is 0 Å². The first-order valence-corrected chi connectivity index (χ1v) is 14.7. The maximum atomic E-state index is 12.5. The Morgan fingerprint density at radius 2 is 1.37 bits per heavy atom. The fourth-order valence-corrected chi connectivity index (χ4v) is 4.62. The summed E-state index contributed by atoms with van der Waals surface area (Å²) in [4.78, 5) is 56.2. The number of benzene rings is 3. The predicted molar refractivity (Wildman–Crippen MR) is 181 cm³/mol. The lowest BCUT2D eigenvalue weighted by Crippen LogP contribution is -2.46. The van der Waals surface area contributed by atoms with Crippen LogP contribution in [-0.4, -0.2) is 85.6 Å². The van der Waals surface area contributed by atoms with E-state index in [4.69, 9.17) is 30.2 Å². The van der Waals surface area contributed by atoms with Crippen LogP contribution in [-0.2, 0) is 50.2 Å². The van der Waals surface area contributed by atoms with E-state index >= 15 is 0 Å². The molecule has 0 aromatic heterocycles. The minimum Gasteiger partial charge on any atom is -0.496 e. The van der Waals surface area contributed by atoms with Crippen molar-refractivity contribution < 1.29 is 58.2 Å². The first-order valence-electron chi connectivity index (χ1n) is 14.7. The van der Waals surface area contributed by atoms with Crippen LogP contribution in [0.15, 0.2) is 72.8 Å². The zero-order valence-electron chi connectivity index (χ0n) is 28.5. The van der Waals surface area contributed by atoms with Crippen molar-refractivity contribution in [3.05, 3.63) is 89.5 Å². The van der Waals surface area contributed by atoms with Crippen molar-refractivity contribution in [3.63, 3.8) is 0 Å². The number of amides is 1. The van der Waals surface area contributed by atoms with Crippen LogP contribution in [0.4, 0.5) is 11.4 Å². The number of carbonyl (C=O) groups excluding carboxylic acids is 2. The number of nitrogens with two attached hydrogens (primary N) is 1. The van der Waals surface area contributed by atoms with Crippen LogP contribution in [0.5, 0.6) is 5.75 Å². The van der Waals surface area contributed by atoms with E-state index in [1.54, 1.807) is 72.8 Å². The van der Waals surface area contributed by atoms with Gasteiger partial charge in [0.15, 0.2) is 12.2 Å². The molecule has 0 spiro atoms. The molecule has 0 aliphatic heterocycles. The molecule has 3 rings (SSSR count). The van der Waals surface area contributed by atoms with Gasteiger partial charge in [-0.2, -0.15) is 0 Å². The Morgan fingerprint density at radius 1 is 0.796 bits per heavy atom. The van der Waals surface area contributed by atoms with Crippen LogP contribution in [0.1, 0.15) is 43.4 Å². The molecule has 14 nitrogen and oxygen atoms in total. The SMILES string of the molecule is COC(C)C(=O)O.CO[C@H](Cc1ccc(NC(C)=O)cc1)C(=O)O.COc1ccccc1[C@](OC)(C(=O)O)C(C(C)=O)c1ccc(N)cc1. The number of Topliss-reactive ketones (excluding diaryl/α,β-unsaturated/α-hetero) is 1. The minimum atomic E-state index is -1.94. The molecule has 2 unspecified atom stereocenters. The lowest BCUT2D eigenvalue weighted by atomic mass is 9.74. The highest BCUT2D eigenvalue weighted by atomic mass is 16.5. The molecule has 4 atom stereocenters. The highest BCUT2D eigenvalue weighted by Crippen LogP contribution is 2.44. The molecule has 266 valence electrons. The molecular formula is C35H44N2O12. The number of carbonyl (C=O) groups is 5. The number of para-hydroxylation sites is 1. The molecular weight excluding hydrogens is 640 g/mol. The van der Waals surface area contributed by atoms with Crippen molar-refractivity contribution in [2.75, 3.05) is 39.5 Å². The van der Waals surface area contributed by atoms with Crippen molar-refractivity contribution in [2.45, 2.75) is 50.9 Å². The van der Waals surface area contributed by atoms with Crippen molar-refractivity contribution in [1.82, 2.24) is 0 Å². The Labute approximate surface area is 284 Å². The van der Waals surface area contributed by atoms with Crippen LogP contribution < -0.4 is 15.8 Å². The summed E-state index contributed by atoms with van der Waals surface area (Å²) in [6.07, 6.45) is -1.23. The molecule has 0 radical (unpaired) electrons. The van der Waals surface area contributed by atoms with Gasteiger partial charge in [-0.05, 0) is 55.3 Å². The molecule has 0 aliphatic rings. The Morgan fingerprint density at radius 3 is 1.76 bits per heavy atom. The fraction of sp³-hybridized carbons (Fsp3) is 0.343. The average molecular weight is 685 g/mol. The number of carboxylic acids is 3. The second kappa shape index (κ2) is 20.1. The number of hydrogen-bond acceptors (Lipinski definition) is 10. The third-order valence-electron chi connectivity index (χ3n) is 7.19. The highest BCUT2D eigenvalue weighted by molar-refractivity contribution is 5.94. The second-order valence-corrected chi connectivity index (χ2v) is 10.5. The van der Waals surface area contributed by atoms with Crippen molar-refractivity contribution in [2.24, 2.45) is 0 Å². The van der Waals surface area contributed by atoms with Crippen LogP contribution >= 0.6 is 0 Å². The number of ketones is 1. The first-order chi connectivity index (χ1) is 23.1. The smallest absolute Gasteiger partial charge is 0.341 e. The zero-order valence-corrected chi connectivity index (χ0v) is 28.5. The normalized spacial score (nSPS) is 13.4. The largest absolute Gasteiger partial charge is 0.496 e. The Hall–Kier alpha value is -5.31. The van der Waals surface area contributed by atoms with E-state index in [0.29, 0.717) is 29.1 Å². The van der Waals surface area contributed by atoms with Gasteiger partial charge in [0.1, 0.15) is 11.5 Å². The van der Waals surface area contributed by atoms with E-state index in [0.717, 1.165) is 5.56 Å². The average Bonchev–Trinajstić information content (AvgIpc) is 3.06. The van der Waals surface area contributed by atoms with Crippen LogP contribution in [0, 0.1) is 0 Å². The van der Waals surface area contributed by atoms with E-state index < -0.39 is 41.6 Å². The van der Waals surface area contributed by atoms with E-state index in [9.17, 15) is 29.1 Å². The van der Waals surface area contributed by atoms with Gasteiger partial charge < -0.3 is 45.3 Å². The van der Waals surface area contributed by atoms with Gasteiger partial charge in [-0.1, -0.05) is 42.5 Å². The third kappa shape index (κ3) is 12.0. The monoisotopic (exact) mass is 684 g/mol. The maximum Gasteiger partial charge on any atom is 0.341 e. The van der Waals surface area contributed by atoms with E-state index in [1.807, 2.05) is 0 Å². The first kappa shape index (κ1) is 41.7. The fourth-order valence-electron chi connectivity index (χ4n) is 4.62. The Bertz CT molecular complexity index is 1540. The predicted octanol–water partition coefficient (Wildman–Crippen LogP) is 3.97. The molecule has 0 saturated carbocycles. The molecule has 0 aliphatic carbocycles. The summed E-state index contributed by atoms with van der Waals surface area (Å²) in [6.45, 7) is 4.24. The summed E-state index contributed by atoms with van der Waals surface area (Å²) < 4.78 is 20.1. The molecule has 3 aromatic carbocycles. The molecule has 1 amide bonds. The molecule has 6 N–H and O–H groups in total. The third-order valence-corrected chi connectivity index (χ3v) is 7.19. The number of aliphatic carboxylic acids is 3. The minimum absolute atomic E-state index is 0.141. The lowest BCUT2D eigenvalue weighted by molar-refractivity contribution is -0.170. The van der Waals surface area contributed by atoms with Gasteiger partial charge in [0.05, 0.1) is 13.0 Å². The van der Waals surface area contributed by atoms with E-state index in [2.05, 4.69) is 10.1 Å². The van der Waals surface area contributed by atoms with Crippen LogP contribution in [0.3, 0.4) is 0 Å². The Kier molecular flexibility index (Phi) is 17.1. The summed E-state index contributed by atoms with van der Waals surface area (Å²) in [5, 5.41) is 29.6.